The molecule has 0 bridgehead atoms. The number of rotatable bonds is 2. The Hall–Kier alpha value is -0.670. The first-order valence-electron chi connectivity index (χ1n) is 2.61. The van der Waals surface area contributed by atoms with Gasteiger partial charge in [-0.1, -0.05) is 0 Å². The van der Waals surface area contributed by atoms with E-state index in [2.05, 4.69) is 4.74 Å². The minimum absolute atomic E-state index is 0.208. The van der Waals surface area contributed by atoms with Crippen LogP contribution in [0.3, 0.4) is 0 Å². The Labute approximate surface area is 50.8 Å². The first kappa shape index (κ1) is 6.45. The van der Waals surface area contributed by atoms with Crippen LogP contribution in [0.25, 0.3) is 0 Å². The van der Waals surface area contributed by atoms with Crippen LogP contribution < -0.4 is 0 Å². The maximum absolute atomic E-state index is 11.9. The SMILES string of the molecule is O=COC1CC(F)(F)C1. The maximum atomic E-state index is 11.9. The van der Waals surface area contributed by atoms with Gasteiger partial charge < -0.3 is 4.74 Å². The normalized spacial score (nSPS) is 24.7. The monoisotopic (exact) mass is 136 g/mol. The van der Waals surface area contributed by atoms with E-state index in [4.69, 9.17) is 0 Å². The summed E-state index contributed by atoms with van der Waals surface area (Å²) in [6.45, 7) is 0.208. The summed E-state index contributed by atoms with van der Waals surface area (Å²) in [5.74, 6) is -2.59. The molecule has 2 nitrogen and oxygen atoms in total. The summed E-state index contributed by atoms with van der Waals surface area (Å²) >= 11 is 0. The molecule has 0 N–H and O–H groups in total. The predicted octanol–water partition coefficient (Wildman–Crippen LogP) is 0.957. The van der Waals surface area contributed by atoms with E-state index in [1.165, 1.54) is 0 Å². The lowest BCUT2D eigenvalue weighted by Gasteiger charge is -2.32. The largest absolute Gasteiger partial charge is 0.464 e. The molecule has 0 amide bonds. The quantitative estimate of drug-likeness (QED) is 0.528. The highest BCUT2D eigenvalue weighted by Crippen LogP contribution is 2.38. The fourth-order valence-corrected chi connectivity index (χ4v) is 0.781. The molecule has 1 rings (SSSR count). The fourth-order valence-electron chi connectivity index (χ4n) is 0.781. The Bertz CT molecular complexity index is 116. The van der Waals surface area contributed by atoms with E-state index in [1.807, 2.05) is 0 Å². The minimum atomic E-state index is -2.59. The second kappa shape index (κ2) is 1.93. The smallest absolute Gasteiger partial charge is 0.293 e. The van der Waals surface area contributed by atoms with Crippen LogP contribution in [0.5, 0.6) is 0 Å². The van der Waals surface area contributed by atoms with Crippen LogP contribution in [0.2, 0.25) is 0 Å². The topological polar surface area (TPSA) is 26.3 Å². The zero-order chi connectivity index (χ0) is 6.91. The number of halogens is 2. The highest BCUT2D eigenvalue weighted by Gasteiger charge is 2.46. The van der Waals surface area contributed by atoms with Gasteiger partial charge in [-0.05, 0) is 0 Å². The van der Waals surface area contributed by atoms with Gasteiger partial charge in [0.15, 0.2) is 0 Å². The Morgan fingerprint density at radius 2 is 2.11 bits per heavy atom. The van der Waals surface area contributed by atoms with Crippen LogP contribution in [0, 0.1) is 0 Å². The summed E-state index contributed by atoms with van der Waals surface area (Å²) in [5.41, 5.74) is 0. The average molecular weight is 136 g/mol. The summed E-state index contributed by atoms with van der Waals surface area (Å²) in [5, 5.41) is 0. The van der Waals surface area contributed by atoms with Gasteiger partial charge >= 0.3 is 0 Å². The van der Waals surface area contributed by atoms with Crippen molar-refractivity contribution in [3.63, 3.8) is 0 Å². The highest BCUT2D eigenvalue weighted by molar-refractivity contribution is 5.37. The summed E-state index contributed by atoms with van der Waals surface area (Å²) in [7, 11) is 0. The summed E-state index contributed by atoms with van der Waals surface area (Å²) < 4.78 is 28.1. The van der Waals surface area contributed by atoms with E-state index in [1.54, 1.807) is 0 Å². The van der Waals surface area contributed by atoms with Crippen molar-refractivity contribution in [3.8, 4) is 0 Å². The van der Waals surface area contributed by atoms with Gasteiger partial charge in [-0.3, -0.25) is 4.79 Å². The van der Waals surface area contributed by atoms with Crippen molar-refractivity contribution >= 4 is 6.47 Å². The Morgan fingerprint density at radius 1 is 1.56 bits per heavy atom. The van der Waals surface area contributed by atoms with E-state index >= 15 is 0 Å². The average Bonchev–Trinajstić information content (AvgIpc) is 1.62. The zero-order valence-electron chi connectivity index (χ0n) is 4.64. The molecule has 0 saturated heterocycles. The molecule has 0 aliphatic heterocycles. The Balaban J connectivity index is 2.19. The Kier molecular flexibility index (Phi) is 1.38. The van der Waals surface area contributed by atoms with Crippen LogP contribution in [-0.2, 0) is 9.53 Å². The molecule has 1 aliphatic rings. The van der Waals surface area contributed by atoms with E-state index < -0.39 is 12.0 Å². The lowest BCUT2D eigenvalue weighted by atomic mass is 9.91. The molecule has 4 heteroatoms. The number of carbonyl (C=O) groups excluding carboxylic acids is 1. The van der Waals surface area contributed by atoms with Crippen LogP contribution >= 0.6 is 0 Å². The van der Waals surface area contributed by atoms with Gasteiger partial charge in [0.05, 0.1) is 0 Å². The Morgan fingerprint density at radius 3 is 2.44 bits per heavy atom. The van der Waals surface area contributed by atoms with E-state index in [9.17, 15) is 13.6 Å². The molecule has 0 aromatic rings. The molecule has 52 valence electrons. The molecule has 0 unspecified atom stereocenters. The first-order valence-corrected chi connectivity index (χ1v) is 2.61. The van der Waals surface area contributed by atoms with E-state index in [-0.39, 0.29) is 19.3 Å². The third-order valence-corrected chi connectivity index (χ3v) is 1.30. The van der Waals surface area contributed by atoms with Gasteiger partial charge in [0.25, 0.3) is 12.4 Å². The summed E-state index contributed by atoms with van der Waals surface area (Å²) in [4.78, 5) is 9.55. The molecular formula is C5H6F2O2. The van der Waals surface area contributed by atoms with Crippen molar-refractivity contribution in [2.45, 2.75) is 24.9 Å². The molecule has 0 spiro atoms. The molecule has 0 aromatic heterocycles. The molecule has 1 saturated carbocycles. The number of ether oxygens (including phenoxy) is 1. The van der Waals surface area contributed by atoms with E-state index in [0.29, 0.717) is 0 Å². The van der Waals surface area contributed by atoms with Gasteiger partial charge in [-0.25, -0.2) is 8.78 Å². The minimum Gasteiger partial charge on any atom is -0.464 e. The van der Waals surface area contributed by atoms with Crippen LogP contribution in [0.15, 0.2) is 0 Å². The van der Waals surface area contributed by atoms with Gasteiger partial charge in [0, 0.05) is 12.8 Å². The molecule has 9 heavy (non-hydrogen) atoms. The van der Waals surface area contributed by atoms with Crippen LogP contribution in [0.4, 0.5) is 8.78 Å². The van der Waals surface area contributed by atoms with Crippen molar-refractivity contribution in [1.29, 1.82) is 0 Å². The number of hydrogen-bond acceptors (Lipinski definition) is 2. The van der Waals surface area contributed by atoms with Gasteiger partial charge in [0.2, 0.25) is 0 Å². The second-order valence-corrected chi connectivity index (χ2v) is 2.12. The lowest BCUT2D eigenvalue weighted by Crippen LogP contribution is -2.41. The molecule has 1 fully saturated rings. The molecule has 0 aromatic carbocycles. The van der Waals surface area contributed by atoms with Crippen molar-refractivity contribution in [3.05, 3.63) is 0 Å². The third-order valence-electron chi connectivity index (χ3n) is 1.30. The molecule has 1 aliphatic carbocycles. The van der Waals surface area contributed by atoms with Crippen molar-refractivity contribution < 1.29 is 18.3 Å². The number of alkyl halides is 2. The number of hydrogen-bond donors (Lipinski definition) is 0. The lowest BCUT2D eigenvalue weighted by molar-refractivity contribution is -0.171. The molecule has 0 heterocycles. The van der Waals surface area contributed by atoms with E-state index in [0.717, 1.165) is 0 Å². The fraction of sp³-hybridized carbons (Fsp3) is 0.800. The van der Waals surface area contributed by atoms with Crippen LogP contribution in [0.1, 0.15) is 12.8 Å². The van der Waals surface area contributed by atoms with Crippen molar-refractivity contribution in [2.75, 3.05) is 0 Å². The standard InChI is InChI=1S/C5H6F2O2/c6-5(7)1-4(2-5)9-3-8/h3-4H,1-2H2. The van der Waals surface area contributed by atoms with Crippen LogP contribution in [-0.4, -0.2) is 18.5 Å². The van der Waals surface area contributed by atoms with Crippen molar-refractivity contribution in [2.24, 2.45) is 0 Å². The molecule has 0 atom stereocenters. The van der Waals surface area contributed by atoms with Crippen molar-refractivity contribution in [1.82, 2.24) is 0 Å². The first-order chi connectivity index (χ1) is 4.14. The number of carbonyl (C=O) groups is 1. The maximum Gasteiger partial charge on any atom is 0.293 e. The molecule has 0 radical (unpaired) electrons. The second-order valence-electron chi connectivity index (χ2n) is 2.12. The third kappa shape index (κ3) is 1.37. The predicted molar refractivity (Wildman–Crippen MR) is 25.1 cm³/mol. The van der Waals surface area contributed by atoms with Gasteiger partial charge in [-0.15, -0.1) is 0 Å². The highest BCUT2D eigenvalue weighted by atomic mass is 19.3. The summed E-state index contributed by atoms with van der Waals surface area (Å²) in [6, 6.07) is 0. The van der Waals surface area contributed by atoms with Gasteiger partial charge in [0.1, 0.15) is 6.10 Å². The molecular weight excluding hydrogens is 130 g/mol. The zero-order valence-corrected chi connectivity index (χ0v) is 4.64. The summed E-state index contributed by atoms with van der Waals surface area (Å²) in [6.07, 6.45) is -1.17. The van der Waals surface area contributed by atoms with Gasteiger partial charge in [-0.2, -0.15) is 0 Å².